The number of aliphatic imine (C=N–C) groups is 1. The fourth-order valence-electron chi connectivity index (χ4n) is 2.66. The Kier molecular flexibility index (Phi) is 7.27. The normalized spacial score (nSPS) is 17.4. The first-order valence-electron chi connectivity index (χ1n) is 8.41. The maximum Gasteiger partial charge on any atom is 0.218 e. The second-order valence-corrected chi connectivity index (χ2v) is 5.93. The molecule has 1 aliphatic rings. The van der Waals surface area contributed by atoms with Gasteiger partial charge in [-0.2, -0.15) is 0 Å². The molecule has 134 valence electrons. The van der Waals surface area contributed by atoms with E-state index in [4.69, 9.17) is 9.47 Å². The number of guanidine groups is 1. The number of nitrogens with zero attached hydrogens (tertiary/aromatic N) is 3. The average Bonchev–Trinajstić information content (AvgIpc) is 2.63. The Morgan fingerprint density at radius 2 is 2.12 bits per heavy atom. The van der Waals surface area contributed by atoms with Crippen LogP contribution in [-0.2, 0) is 11.3 Å². The van der Waals surface area contributed by atoms with Crippen LogP contribution in [0.15, 0.2) is 17.1 Å². The second kappa shape index (κ2) is 9.44. The van der Waals surface area contributed by atoms with Gasteiger partial charge in [0.25, 0.3) is 0 Å². The summed E-state index contributed by atoms with van der Waals surface area (Å²) in [4.78, 5) is 11.1. The molecule has 1 fully saturated rings. The fraction of sp³-hybridized carbons (Fsp3) is 0.647. The summed E-state index contributed by atoms with van der Waals surface area (Å²) in [5.41, 5.74) is 1.95. The van der Waals surface area contributed by atoms with Crippen molar-refractivity contribution in [3.05, 3.63) is 23.4 Å². The molecule has 0 aromatic carbocycles. The molecule has 0 bridgehead atoms. The van der Waals surface area contributed by atoms with Crippen molar-refractivity contribution in [1.29, 1.82) is 0 Å². The van der Waals surface area contributed by atoms with Gasteiger partial charge in [-0.3, -0.25) is 9.89 Å². The highest BCUT2D eigenvalue weighted by molar-refractivity contribution is 5.79. The molecule has 24 heavy (non-hydrogen) atoms. The standard InChI is InChI=1S/C17H29N5O2/c1-13-5-6-15(16(21-13)23-4)12-20-17(18-3)19-11-14(2)22-7-9-24-10-8-22/h5-6,14H,7-12H2,1-4H3,(H2,18,19,20). The first-order valence-corrected chi connectivity index (χ1v) is 8.41. The maximum absolute atomic E-state index is 5.40. The van der Waals surface area contributed by atoms with E-state index in [2.05, 4.69) is 32.4 Å². The predicted octanol–water partition coefficient (Wildman–Crippen LogP) is 0.784. The summed E-state index contributed by atoms with van der Waals surface area (Å²) in [7, 11) is 3.42. The Labute approximate surface area is 144 Å². The lowest BCUT2D eigenvalue weighted by atomic mass is 10.2. The molecule has 0 radical (unpaired) electrons. The van der Waals surface area contributed by atoms with Gasteiger partial charge in [0.1, 0.15) is 0 Å². The molecule has 1 aliphatic heterocycles. The molecule has 2 N–H and O–H groups in total. The minimum absolute atomic E-state index is 0.433. The molecule has 0 amide bonds. The number of hydrogen-bond acceptors (Lipinski definition) is 5. The van der Waals surface area contributed by atoms with Crippen LogP contribution >= 0.6 is 0 Å². The van der Waals surface area contributed by atoms with Crippen molar-refractivity contribution in [3.8, 4) is 5.88 Å². The summed E-state index contributed by atoms with van der Waals surface area (Å²) in [6, 6.07) is 4.44. The number of pyridine rings is 1. The van der Waals surface area contributed by atoms with Crippen molar-refractivity contribution in [2.45, 2.75) is 26.4 Å². The van der Waals surface area contributed by atoms with Gasteiger partial charge in [0.2, 0.25) is 5.88 Å². The molecule has 2 rings (SSSR count). The fourth-order valence-corrected chi connectivity index (χ4v) is 2.66. The SMILES string of the molecule is CN=C(NCc1ccc(C)nc1OC)NCC(C)N1CCOCC1. The van der Waals surface area contributed by atoms with Crippen LogP contribution in [0, 0.1) is 6.92 Å². The molecule has 0 spiro atoms. The van der Waals surface area contributed by atoms with Crippen molar-refractivity contribution in [3.63, 3.8) is 0 Å². The van der Waals surface area contributed by atoms with E-state index in [9.17, 15) is 0 Å². The topological polar surface area (TPSA) is 71.0 Å². The van der Waals surface area contributed by atoms with Gasteiger partial charge in [-0.1, -0.05) is 6.07 Å². The van der Waals surface area contributed by atoms with Crippen LogP contribution in [0.4, 0.5) is 0 Å². The summed E-state index contributed by atoms with van der Waals surface area (Å²) in [5.74, 6) is 1.43. The van der Waals surface area contributed by atoms with Crippen molar-refractivity contribution >= 4 is 5.96 Å². The van der Waals surface area contributed by atoms with Crippen LogP contribution in [0.2, 0.25) is 0 Å². The number of methoxy groups -OCH3 is 1. The van der Waals surface area contributed by atoms with Gasteiger partial charge in [-0.05, 0) is 19.9 Å². The highest BCUT2D eigenvalue weighted by atomic mass is 16.5. The number of hydrogen-bond donors (Lipinski definition) is 2. The smallest absolute Gasteiger partial charge is 0.218 e. The van der Waals surface area contributed by atoms with Crippen molar-refractivity contribution in [1.82, 2.24) is 20.5 Å². The van der Waals surface area contributed by atoms with E-state index >= 15 is 0 Å². The van der Waals surface area contributed by atoms with Crippen LogP contribution in [0.5, 0.6) is 5.88 Å². The van der Waals surface area contributed by atoms with Gasteiger partial charge in [0.05, 0.1) is 20.3 Å². The summed E-state index contributed by atoms with van der Waals surface area (Å²) in [6.45, 7) is 9.23. The number of rotatable bonds is 6. The lowest BCUT2D eigenvalue weighted by Crippen LogP contribution is -2.49. The van der Waals surface area contributed by atoms with Gasteiger partial charge >= 0.3 is 0 Å². The van der Waals surface area contributed by atoms with Crippen molar-refractivity contribution in [2.24, 2.45) is 4.99 Å². The van der Waals surface area contributed by atoms with Gasteiger partial charge < -0.3 is 20.1 Å². The largest absolute Gasteiger partial charge is 0.481 e. The minimum Gasteiger partial charge on any atom is -0.481 e. The number of nitrogens with one attached hydrogen (secondary N) is 2. The lowest BCUT2D eigenvalue weighted by molar-refractivity contribution is 0.0211. The molecule has 2 heterocycles. The van der Waals surface area contributed by atoms with E-state index in [0.717, 1.165) is 50.1 Å². The highest BCUT2D eigenvalue weighted by Gasteiger charge is 2.17. The van der Waals surface area contributed by atoms with E-state index in [1.807, 2.05) is 19.1 Å². The molecular formula is C17H29N5O2. The number of ether oxygens (including phenoxy) is 2. The molecule has 7 nitrogen and oxygen atoms in total. The van der Waals surface area contributed by atoms with Crippen LogP contribution in [0.1, 0.15) is 18.2 Å². The van der Waals surface area contributed by atoms with E-state index in [1.165, 1.54) is 0 Å². The molecule has 1 aromatic rings. The number of aryl methyl sites for hydroxylation is 1. The third-order valence-electron chi connectivity index (χ3n) is 4.18. The minimum atomic E-state index is 0.433. The van der Waals surface area contributed by atoms with Gasteiger partial charge in [0.15, 0.2) is 5.96 Å². The summed E-state index contributed by atoms with van der Waals surface area (Å²) < 4.78 is 10.7. The van der Waals surface area contributed by atoms with Gasteiger partial charge in [-0.25, -0.2) is 4.98 Å². The van der Waals surface area contributed by atoms with E-state index < -0.39 is 0 Å². The molecular weight excluding hydrogens is 306 g/mol. The zero-order valence-corrected chi connectivity index (χ0v) is 15.1. The molecule has 1 atom stereocenters. The molecule has 0 aliphatic carbocycles. The van der Waals surface area contributed by atoms with E-state index in [1.54, 1.807) is 14.2 Å². The monoisotopic (exact) mass is 335 g/mol. The summed E-state index contributed by atoms with van der Waals surface area (Å²) in [5, 5.41) is 6.69. The number of morpholine rings is 1. The van der Waals surface area contributed by atoms with E-state index in [0.29, 0.717) is 18.5 Å². The Morgan fingerprint density at radius 3 is 2.79 bits per heavy atom. The first kappa shape index (κ1) is 18.5. The van der Waals surface area contributed by atoms with Crippen molar-refractivity contribution < 1.29 is 9.47 Å². The predicted molar refractivity (Wildman–Crippen MR) is 95.6 cm³/mol. The highest BCUT2D eigenvalue weighted by Crippen LogP contribution is 2.15. The zero-order valence-electron chi connectivity index (χ0n) is 15.1. The van der Waals surface area contributed by atoms with Crippen LogP contribution in [0.25, 0.3) is 0 Å². The first-order chi connectivity index (χ1) is 11.6. The molecule has 0 saturated carbocycles. The molecule has 1 unspecified atom stereocenters. The van der Waals surface area contributed by atoms with Crippen LogP contribution in [-0.4, -0.2) is 68.9 Å². The van der Waals surface area contributed by atoms with Crippen LogP contribution in [0.3, 0.4) is 0 Å². The van der Waals surface area contributed by atoms with Gasteiger partial charge in [0, 0.05) is 50.5 Å². The average molecular weight is 335 g/mol. The third kappa shape index (κ3) is 5.35. The quantitative estimate of drug-likeness (QED) is 0.591. The second-order valence-electron chi connectivity index (χ2n) is 5.93. The Morgan fingerprint density at radius 1 is 1.38 bits per heavy atom. The van der Waals surface area contributed by atoms with E-state index in [-0.39, 0.29) is 0 Å². The molecule has 7 heteroatoms. The summed E-state index contributed by atoms with van der Waals surface area (Å²) in [6.07, 6.45) is 0. The number of aromatic nitrogens is 1. The Hall–Kier alpha value is -1.86. The zero-order chi connectivity index (χ0) is 17.4. The maximum atomic E-state index is 5.40. The Bertz CT molecular complexity index is 544. The van der Waals surface area contributed by atoms with Crippen LogP contribution < -0.4 is 15.4 Å². The Balaban J connectivity index is 1.82. The van der Waals surface area contributed by atoms with Gasteiger partial charge in [-0.15, -0.1) is 0 Å². The molecule has 1 aromatic heterocycles. The van der Waals surface area contributed by atoms with Crippen molar-refractivity contribution in [2.75, 3.05) is 47.0 Å². The summed E-state index contributed by atoms with van der Waals surface area (Å²) >= 11 is 0. The molecule has 1 saturated heterocycles. The lowest BCUT2D eigenvalue weighted by Gasteiger charge is -2.32. The third-order valence-corrected chi connectivity index (χ3v) is 4.18.